The summed E-state index contributed by atoms with van der Waals surface area (Å²) in [5.41, 5.74) is -0.635. The van der Waals surface area contributed by atoms with Crippen LogP contribution in [0.15, 0.2) is 12.1 Å². The Morgan fingerprint density at radius 2 is 1.84 bits per heavy atom. The van der Waals surface area contributed by atoms with E-state index in [0.29, 0.717) is 6.07 Å². The first-order valence-corrected chi connectivity index (χ1v) is 5.41. The summed E-state index contributed by atoms with van der Waals surface area (Å²) in [5, 5.41) is 0. The van der Waals surface area contributed by atoms with E-state index >= 15 is 0 Å². The van der Waals surface area contributed by atoms with Crippen LogP contribution < -0.4 is 0 Å². The van der Waals surface area contributed by atoms with Crippen LogP contribution in [-0.2, 0) is 9.53 Å². The van der Waals surface area contributed by atoms with Gasteiger partial charge in [0, 0.05) is 6.54 Å². The number of esters is 1. The molecule has 0 N–H and O–H groups in total. The summed E-state index contributed by atoms with van der Waals surface area (Å²) in [5.74, 6) is -6.29. The molecule has 4 nitrogen and oxygen atoms in total. The van der Waals surface area contributed by atoms with Crippen molar-refractivity contribution in [3.8, 4) is 0 Å². The zero-order valence-electron chi connectivity index (χ0n) is 10.4. The minimum absolute atomic E-state index is 0.0897. The molecule has 104 valence electrons. The minimum Gasteiger partial charge on any atom is -0.468 e. The molecule has 19 heavy (non-hydrogen) atoms. The number of carbonyl (C=O) groups excluding carboxylic acids is 2. The molecule has 1 amide bonds. The molecule has 0 aromatic heterocycles. The van der Waals surface area contributed by atoms with Crippen molar-refractivity contribution < 1.29 is 27.5 Å². The van der Waals surface area contributed by atoms with Gasteiger partial charge in [0.2, 0.25) is 0 Å². The minimum atomic E-state index is -1.72. The van der Waals surface area contributed by atoms with Crippen LogP contribution >= 0.6 is 0 Å². The van der Waals surface area contributed by atoms with E-state index in [1.165, 1.54) is 0 Å². The summed E-state index contributed by atoms with van der Waals surface area (Å²) in [6.07, 6.45) is 0. The van der Waals surface area contributed by atoms with Gasteiger partial charge in [-0.25, -0.2) is 13.2 Å². The highest BCUT2D eigenvalue weighted by molar-refractivity contribution is 5.96. The van der Waals surface area contributed by atoms with Gasteiger partial charge in [-0.15, -0.1) is 0 Å². The Balaban J connectivity index is 3.04. The lowest BCUT2D eigenvalue weighted by atomic mass is 10.1. The van der Waals surface area contributed by atoms with Crippen molar-refractivity contribution in [3.63, 3.8) is 0 Å². The summed E-state index contributed by atoms with van der Waals surface area (Å²) >= 11 is 0. The normalized spacial score (nSPS) is 10.2. The number of ether oxygens (including phenoxy) is 1. The van der Waals surface area contributed by atoms with Crippen molar-refractivity contribution in [1.82, 2.24) is 4.90 Å². The second kappa shape index (κ2) is 6.21. The largest absolute Gasteiger partial charge is 0.468 e. The zero-order valence-corrected chi connectivity index (χ0v) is 10.4. The van der Waals surface area contributed by atoms with Gasteiger partial charge in [0.05, 0.1) is 12.7 Å². The van der Waals surface area contributed by atoms with Crippen LogP contribution in [0.5, 0.6) is 0 Å². The number of rotatable bonds is 4. The Labute approximate surface area is 107 Å². The quantitative estimate of drug-likeness (QED) is 0.621. The number of methoxy groups -OCH3 is 1. The van der Waals surface area contributed by atoms with E-state index in [4.69, 9.17) is 0 Å². The van der Waals surface area contributed by atoms with Gasteiger partial charge in [-0.1, -0.05) is 0 Å². The Morgan fingerprint density at radius 3 is 2.37 bits per heavy atom. The third-order valence-electron chi connectivity index (χ3n) is 2.48. The van der Waals surface area contributed by atoms with Gasteiger partial charge in [-0.3, -0.25) is 9.59 Å². The van der Waals surface area contributed by atoms with E-state index in [2.05, 4.69) is 4.74 Å². The van der Waals surface area contributed by atoms with Crippen molar-refractivity contribution in [2.24, 2.45) is 0 Å². The highest BCUT2D eigenvalue weighted by Gasteiger charge is 2.24. The van der Waals surface area contributed by atoms with Crippen LogP contribution in [0.1, 0.15) is 17.3 Å². The van der Waals surface area contributed by atoms with E-state index in [9.17, 15) is 22.8 Å². The smallest absolute Gasteiger partial charge is 0.325 e. The van der Waals surface area contributed by atoms with Crippen LogP contribution in [0.2, 0.25) is 0 Å². The average Bonchev–Trinajstić information content (AvgIpc) is 2.41. The first kappa shape index (κ1) is 15.0. The second-order valence-corrected chi connectivity index (χ2v) is 3.62. The number of nitrogens with zero attached hydrogens (tertiary/aromatic N) is 1. The molecule has 1 rings (SSSR count). The highest BCUT2D eigenvalue weighted by Crippen LogP contribution is 2.17. The molecule has 0 heterocycles. The number of hydrogen-bond donors (Lipinski definition) is 0. The van der Waals surface area contributed by atoms with Gasteiger partial charge < -0.3 is 9.64 Å². The topological polar surface area (TPSA) is 46.6 Å². The lowest BCUT2D eigenvalue weighted by Crippen LogP contribution is -2.36. The number of likely N-dealkylation sites (N-methyl/N-ethyl adjacent to an activating group) is 1. The summed E-state index contributed by atoms with van der Waals surface area (Å²) in [6.45, 7) is 1.25. The zero-order chi connectivity index (χ0) is 14.6. The standard InChI is InChI=1S/C12H12F3NO3/c1-3-16(6-9(17)19-2)12(18)7-4-5-8(13)11(15)10(7)14/h4-5H,3,6H2,1-2H3. The van der Waals surface area contributed by atoms with E-state index < -0.39 is 41.4 Å². The molecule has 7 heteroatoms. The predicted molar refractivity (Wildman–Crippen MR) is 59.9 cm³/mol. The second-order valence-electron chi connectivity index (χ2n) is 3.62. The number of halogens is 3. The third kappa shape index (κ3) is 3.24. The molecular formula is C12H12F3NO3. The molecule has 0 fully saturated rings. The number of carbonyl (C=O) groups is 2. The van der Waals surface area contributed by atoms with Gasteiger partial charge in [0.25, 0.3) is 5.91 Å². The fourth-order valence-electron chi connectivity index (χ4n) is 1.41. The van der Waals surface area contributed by atoms with Gasteiger partial charge in [-0.2, -0.15) is 0 Å². The Morgan fingerprint density at radius 1 is 1.21 bits per heavy atom. The third-order valence-corrected chi connectivity index (χ3v) is 2.48. The van der Waals surface area contributed by atoms with Crippen molar-refractivity contribution in [2.75, 3.05) is 20.2 Å². The maximum Gasteiger partial charge on any atom is 0.325 e. The Kier molecular flexibility index (Phi) is 4.91. The lowest BCUT2D eigenvalue weighted by molar-refractivity contribution is -0.141. The maximum atomic E-state index is 13.5. The van der Waals surface area contributed by atoms with E-state index in [0.717, 1.165) is 18.1 Å². The molecule has 0 saturated heterocycles. The first-order valence-electron chi connectivity index (χ1n) is 5.41. The summed E-state index contributed by atoms with van der Waals surface area (Å²) in [6, 6.07) is 1.48. The number of benzene rings is 1. The van der Waals surface area contributed by atoms with Crippen molar-refractivity contribution in [1.29, 1.82) is 0 Å². The number of hydrogen-bond acceptors (Lipinski definition) is 3. The first-order chi connectivity index (χ1) is 8.92. The molecule has 0 bridgehead atoms. The van der Waals surface area contributed by atoms with Gasteiger partial charge in [0.15, 0.2) is 17.5 Å². The van der Waals surface area contributed by atoms with Crippen molar-refractivity contribution >= 4 is 11.9 Å². The molecule has 0 aliphatic heterocycles. The molecule has 1 aromatic rings. The van der Waals surface area contributed by atoms with Crippen molar-refractivity contribution in [3.05, 3.63) is 35.1 Å². The van der Waals surface area contributed by atoms with Crippen LogP contribution in [0, 0.1) is 17.5 Å². The highest BCUT2D eigenvalue weighted by atomic mass is 19.2. The predicted octanol–water partition coefficient (Wildman–Crippen LogP) is 1.74. The molecule has 0 aliphatic rings. The fourth-order valence-corrected chi connectivity index (χ4v) is 1.41. The fraction of sp³-hybridized carbons (Fsp3) is 0.333. The summed E-state index contributed by atoms with van der Waals surface area (Å²) in [7, 11) is 1.14. The molecule has 1 aromatic carbocycles. The maximum absolute atomic E-state index is 13.5. The Bertz CT molecular complexity index is 505. The van der Waals surface area contributed by atoms with Crippen LogP contribution in [0.25, 0.3) is 0 Å². The molecule has 0 atom stereocenters. The molecule has 0 saturated carbocycles. The van der Waals surface area contributed by atoms with Crippen molar-refractivity contribution in [2.45, 2.75) is 6.92 Å². The number of amides is 1. The average molecular weight is 275 g/mol. The lowest BCUT2D eigenvalue weighted by Gasteiger charge is -2.19. The summed E-state index contributed by atoms with van der Waals surface area (Å²) < 4.78 is 43.6. The molecule has 0 spiro atoms. The molecule has 0 radical (unpaired) electrons. The monoisotopic (exact) mass is 275 g/mol. The van der Waals surface area contributed by atoms with Crippen LogP contribution in [0.4, 0.5) is 13.2 Å². The summed E-state index contributed by atoms with van der Waals surface area (Å²) in [4.78, 5) is 23.9. The molecule has 0 aliphatic carbocycles. The van der Waals surface area contributed by atoms with Crippen LogP contribution in [0.3, 0.4) is 0 Å². The van der Waals surface area contributed by atoms with E-state index in [1.54, 1.807) is 6.92 Å². The van der Waals surface area contributed by atoms with Gasteiger partial charge in [0.1, 0.15) is 6.54 Å². The van der Waals surface area contributed by atoms with Gasteiger partial charge in [-0.05, 0) is 19.1 Å². The van der Waals surface area contributed by atoms with Crippen LogP contribution in [-0.4, -0.2) is 37.0 Å². The Hall–Kier alpha value is -2.05. The van der Waals surface area contributed by atoms with E-state index in [-0.39, 0.29) is 6.54 Å². The van der Waals surface area contributed by atoms with E-state index in [1.807, 2.05) is 0 Å². The SMILES string of the molecule is CCN(CC(=O)OC)C(=O)c1ccc(F)c(F)c1F. The molecular weight excluding hydrogens is 263 g/mol. The molecule has 0 unspecified atom stereocenters. The van der Waals surface area contributed by atoms with Gasteiger partial charge >= 0.3 is 5.97 Å².